The fourth-order valence-corrected chi connectivity index (χ4v) is 2.54. The average Bonchev–Trinajstić information content (AvgIpc) is 2.43. The molecule has 2 rings (SSSR count). The summed E-state index contributed by atoms with van der Waals surface area (Å²) in [4.78, 5) is 3.78. The van der Waals surface area contributed by atoms with Crippen molar-refractivity contribution in [3.05, 3.63) is 52.6 Å². The third kappa shape index (κ3) is 5.24. The summed E-state index contributed by atoms with van der Waals surface area (Å²) in [7, 11) is 0. The van der Waals surface area contributed by atoms with E-state index in [1.54, 1.807) is 0 Å². The van der Waals surface area contributed by atoms with Crippen LogP contribution in [0.2, 0.25) is 0 Å². The molecule has 0 bridgehead atoms. The maximum atomic E-state index is 12.4. The molecule has 0 saturated heterocycles. The second-order valence-corrected chi connectivity index (χ2v) is 6.07. The number of thioether (sulfide) groups is 1. The Morgan fingerprint density at radius 3 is 2.62 bits per heavy atom. The predicted octanol–water partition coefficient (Wildman–Crippen LogP) is 5.03. The molecule has 0 radical (unpaired) electrons. The SMILES string of the molecule is FC(F)(F)c1ccc(SCCOc2cccc(Br)c2)nc1. The van der Waals surface area contributed by atoms with Crippen molar-refractivity contribution < 1.29 is 17.9 Å². The van der Waals surface area contributed by atoms with Crippen LogP contribution in [0.3, 0.4) is 0 Å². The van der Waals surface area contributed by atoms with Gasteiger partial charge in [0.2, 0.25) is 0 Å². The smallest absolute Gasteiger partial charge is 0.417 e. The molecule has 0 saturated carbocycles. The van der Waals surface area contributed by atoms with E-state index in [0.29, 0.717) is 17.4 Å². The van der Waals surface area contributed by atoms with E-state index in [2.05, 4.69) is 20.9 Å². The molecule has 0 spiro atoms. The molecule has 0 aliphatic heterocycles. The van der Waals surface area contributed by atoms with E-state index in [1.807, 2.05) is 24.3 Å². The van der Waals surface area contributed by atoms with Gasteiger partial charge in [0.1, 0.15) is 5.75 Å². The molecule has 0 aliphatic carbocycles. The molecular formula is C14H11BrF3NOS. The van der Waals surface area contributed by atoms with Gasteiger partial charge in [-0.2, -0.15) is 13.2 Å². The predicted molar refractivity (Wildman–Crippen MR) is 79.6 cm³/mol. The van der Waals surface area contributed by atoms with Crippen LogP contribution >= 0.6 is 27.7 Å². The van der Waals surface area contributed by atoms with Crippen LogP contribution in [-0.2, 0) is 6.18 Å². The zero-order valence-corrected chi connectivity index (χ0v) is 13.1. The fourth-order valence-electron chi connectivity index (χ4n) is 1.50. The van der Waals surface area contributed by atoms with Gasteiger partial charge in [-0.3, -0.25) is 0 Å². The van der Waals surface area contributed by atoms with E-state index in [9.17, 15) is 13.2 Å². The molecule has 0 fully saturated rings. The molecule has 1 aromatic heterocycles. The summed E-state index contributed by atoms with van der Waals surface area (Å²) in [5.74, 6) is 1.34. The first kappa shape index (κ1) is 16.2. The molecule has 2 aromatic rings. The molecule has 1 aromatic carbocycles. The Morgan fingerprint density at radius 2 is 2.00 bits per heavy atom. The highest BCUT2D eigenvalue weighted by Gasteiger charge is 2.30. The highest BCUT2D eigenvalue weighted by Crippen LogP contribution is 2.29. The van der Waals surface area contributed by atoms with Gasteiger partial charge in [-0.15, -0.1) is 11.8 Å². The standard InChI is InChI=1S/C14H11BrF3NOS/c15-11-2-1-3-12(8-11)20-6-7-21-13-5-4-10(9-19-13)14(16,17)18/h1-5,8-9H,6-7H2. The van der Waals surface area contributed by atoms with Crippen LogP contribution in [0.25, 0.3) is 0 Å². The summed E-state index contributed by atoms with van der Waals surface area (Å²) in [6.07, 6.45) is -3.50. The van der Waals surface area contributed by atoms with Crippen molar-refractivity contribution >= 4 is 27.7 Å². The van der Waals surface area contributed by atoms with E-state index in [4.69, 9.17) is 4.74 Å². The normalized spacial score (nSPS) is 11.4. The van der Waals surface area contributed by atoms with Crippen molar-refractivity contribution in [2.24, 2.45) is 0 Å². The van der Waals surface area contributed by atoms with Crippen molar-refractivity contribution in [3.63, 3.8) is 0 Å². The van der Waals surface area contributed by atoms with Gasteiger partial charge >= 0.3 is 6.18 Å². The Labute approximate surface area is 132 Å². The summed E-state index contributed by atoms with van der Waals surface area (Å²) in [6.45, 7) is 0.448. The summed E-state index contributed by atoms with van der Waals surface area (Å²) in [6, 6.07) is 9.85. The first-order valence-electron chi connectivity index (χ1n) is 5.99. The summed E-state index contributed by atoms with van der Waals surface area (Å²) in [5, 5.41) is 0.542. The molecular weight excluding hydrogens is 367 g/mol. The molecule has 7 heteroatoms. The van der Waals surface area contributed by atoms with Crippen LogP contribution in [0.5, 0.6) is 5.75 Å². The zero-order valence-electron chi connectivity index (χ0n) is 10.7. The number of nitrogens with zero attached hydrogens (tertiary/aromatic N) is 1. The van der Waals surface area contributed by atoms with Gasteiger partial charge in [0, 0.05) is 16.4 Å². The largest absolute Gasteiger partial charge is 0.493 e. The van der Waals surface area contributed by atoms with Gasteiger partial charge < -0.3 is 4.74 Å². The van der Waals surface area contributed by atoms with Crippen LogP contribution in [0, 0.1) is 0 Å². The third-order valence-corrected chi connectivity index (χ3v) is 3.86. The molecule has 0 aliphatic rings. The quantitative estimate of drug-likeness (QED) is 0.538. The minimum atomic E-state index is -4.35. The first-order valence-corrected chi connectivity index (χ1v) is 7.77. The first-order chi connectivity index (χ1) is 9.95. The Morgan fingerprint density at radius 1 is 1.19 bits per heavy atom. The number of aromatic nitrogens is 1. The van der Waals surface area contributed by atoms with Crippen molar-refractivity contribution in [2.45, 2.75) is 11.2 Å². The fraction of sp³-hybridized carbons (Fsp3) is 0.214. The maximum absolute atomic E-state index is 12.4. The molecule has 21 heavy (non-hydrogen) atoms. The van der Waals surface area contributed by atoms with Crippen molar-refractivity contribution in [3.8, 4) is 5.75 Å². The number of benzene rings is 1. The third-order valence-electron chi connectivity index (χ3n) is 2.46. The number of pyridine rings is 1. The topological polar surface area (TPSA) is 22.1 Å². The lowest BCUT2D eigenvalue weighted by atomic mass is 10.3. The summed E-state index contributed by atoms with van der Waals surface area (Å²) in [5.41, 5.74) is -0.739. The van der Waals surface area contributed by atoms with Gasteiger partial charge in [0.15, 0.2) is 0 Å². The molecule has 0 atom stereocenters. The lowest BCUT2D eigenvalue weighted by molar-refractivity contribution is -0.137. The minimum Gasteiger partial charge on any atom is -0.493 e. The lowest BCUT2D eigenvalue weighted by Crippen LogP contribution is -2.05. The zero-order chi connectivity index (χ0) is 15.3. The van der Waals surface area contributed by atoms with Crippen molar-refractivity contribution in [1.29, 1.82) is 0 Å². The molecule has 2 nitrogen and oxygen atoms in total. The van der Waals surface area contributed by atoms with Crippen LogP contribution in [-0.4, -0.2) is 17.3 Å². The van der Waals surface area contributed by atoms with E-state index in [1.165, 1.54) is 17.8 Å². The Hall–Kier alpha value is -1.21. The van der Waals surface area contributed by atoms with Crippen molar-refractivity contribution in [2.75, 3.05) is 12.4 Å². The number of rotatable bonds is 5. The van der Waals surface area contributed by atoms with Gasteiger partial charge in [-0.25, -0.2) is 4.98 Å². The van der Waals surface area contributed by atoms with Crippen LogP contribution in [0.15, 0.2) is 52.1 Å². The monoisotopic (exact) mass is 377 g/mol. The molecule has 1 heterocycles. The summed E-state index contributed by atoms with van der Waals surface area (Å²) < 4.78 is 43.6. The highest BCUT2D eigenvalue weighted by atomic mass is 79.9. The number of alkyl halides is 3. The maximum Gasteiger partial charge on any atom is 0.417 e. The average molecular weight is 378 g/mol. The van der Waals surface area contributed by atoms with Gasteiger partial charge in [-0.05, 0) is 30.3 Å². The molecule has 0 amide bonds. The summed E-state index contributed by atoms with van der Waals surface area (Å²) >= 11 is 4.69. The van der Waals surface area contributed by atoms with Gasteiger partial charge in [-0.1, -0.05) is 22.0 Å². The van der Waals surface area contributed by atoms with Gasteiger partial charge in [0.05, 0.1) is 17.2 Å². The number of halogens is 4. The second-order valence-electron chi connectivity index (χ2n) is 4.04. The number of ether oxygens (including phenoxy) is 1. The Bertz CT molecular complexity index is 590. The van der Waals surface area contributed by atoms with E-state index in [-0.39, 0.29) is 0 Å². The Kier molecular flexibility index (Phi) is 5.52. The van der Waals surface area contributed by atoms with Crippen LogP contribution in [0.4, 0.5) is 13.2 Å². The minimum absolute atomic E-state index is 0.448. The van der Waals surface area contributed by atoms with E-state index in [0.717, 1.165) is 22.5 Å². The van der Waals surface area contributed by atoms with Gasteiger partial charge in [0.25, 0.3) is 0 Å². The lowest BCUT2D eigenvalue weighted by Gasteiger charge is -2.08. The van der Waals surface area contributed by atoms with E-state index >= 15 is 0 Å². The molecule has 112 valence electrons. The molecule has 0 unspecified atom stereocenters. The number of hydrogen-bond donors (Lipinski definition) is 0. The Balaban J connectivity index is 1.79. The highest BCUT2D eigenvalue weighted by molar-refractivity contribution is 9.10. The van der Waals surface area contributed by atoms with Crippen LogP contribution in [0.1, 0.15) is 5.56 Å². The van der Waals surface area contributed by atoms with Crippen LogP contribution < -0.4 is 4.74 Å². The van der Waals surface area contributed by atoms with E-state index < -0.39 is 11.7 Å². The number of hydrogen-bond acceptors (Lipinski definition) is 3. The second kappa shape index (κ2) is 7.17. The van der Waals surface area contributed by atoms with Crippen molar-refractivity contribution in [1.82, 2.24) is 4.98 Å². The molecule has 0 N–H and O–H groups in total.